The molecule has 0 heterocycles. The first kappa shape index (κ1) is 18.3. The predicted molar refractivity (Wildman–Crippen MR) is 91.5 cm³/mol. The lowest BCUT2D eigenvalue weighted by Crippen LogP contribution is -2.34. The summed E-state index contributed by atoms with van der Waals surface area (Å²) in [5, 5.41) is 1.14. The summed E-state index contributed by atoms with van der Waals surface area (Å²) in [4.78, 5) is 28.5. The zero-order chi connectivity index (χ0) is 18.1. The summed E-state index contributed by atoms with van der Waals surface area (Å²) in [7, 11) is 0. The summed E-state index contributed by atoms with van der Waals surface area (Å²) in [6.45, 7) is 3.87. The molecule has 0 spiro atoms. The molecular weight excluding hydrogens is 322 g/mol. The number of carbonyl (C=O) groups is 2. The third-order valence-electron chi connectivity index (χ3n) is 3.28. The van der Waals surface area contributed by atoms with Gasteiger partial charge in [0.2, 0.25) is 0 Å². The van der Waals surface area contributed by atoms with Crippen molar-refractivity contribution in [3.05, 3.63) is 65.7 Å². The van der Waals surface area contributed by atoms with E-state index in [9.17, 15) is 9.59 Å². The van der Waals surface area contributed by atoms with E-state index in [2.05, 4.69) is 0 Å². The largest absolute Gasteiger partial charge is 0.461 e. The highest BCUT2D eigenvalue weighted by Gasteiger charge is 2.15. The molecule has 0 aromatic heterocycles. The van der Waals surface area contributed by atoms with Gasteiger partial charge in [0, 0.05) is 6.92 Å². The third-order valence-corrected chi connectivity index (χ3v) is 3.28. The van der Waals surface area contributed by atoms with Crippen molar-refractivity contribution in [2.45, 2.75) is 27.1 Å². The number of ether oxygens (including phenoxy) is 2. The summed E-state index contributed by atoms with van der Waals surface area (Å²) in [5.41, 5.74) is 1.74. The molecule has 2 aromatic rings. The van der Waals surface area contributed by atoms with Crippen LogP contribution in [0.1, 0.15) is 25.0 Å². The molecule has 1 amide bonds. The van der Waals surface area contributed by atoms with Gasteiger partial charge in [0.15, 0.2) is 5.75 Å². The molecule has 132 valence electrons. The molecule has 0 atom stereocenters. The quantitative estimate of drug-likeness (QED) is 0.566. The second-order valence-electron chi connectivity index (χ2n) is 5.25. The Morgan fingerprint density at radius 3 is 2.08 bits per heavy atom. The molecule has 2 aromatic carbocycles. The average Bonchev–Trinajstić information content (AvgIpc) is 2.64. The minimum Gasteiger partial charge on any atom is -0.461 e. The van der Waals surface area contributed by atoms with Crippen molar-refractivity contribution in [1.82, 2.24) is 5.06 Å². The van der Waals surface area contributed by atoms with E-state index in [0.717, 1.165) is 16.2 Å². The smallest absolute Gasteiger partial charge is 0.443 e. The number of nitrogens with zero attached hydrogens (tertiary/aromatic N) is 1. The highest BCUT2D eigenvalue weighted by molar-refractivity contribution is 5.66. The van der Waals surface area contributed by atoms with Crippen LogP contribution in [-0.4, -0.2) is 23.7 Å². The molecule has 0 unspecified atom stereocenters. The second kappa shape index (κ2) is 9.32. The Morgan fingerprint density at radius 1 is 0.880 bits per heavy atom. The Morgan fingerprint density at radius 2 is 1.48 bits per heavy atom. The number of esters is 1. The molecule has 0 aliphatic rings. The van der Waals surface area contributed by atoms with Gasteiger partial charge in [-0.2, -0.15) is 0 Å². The van der Waals surface area contributed by atoms with Crippen LogP contribution in [0.3, 0.4) is 0 Å². The standard InChI is InChI=1S/C19H21NO5/c1-3-20(19(22)24-14-16-7-5-4-6-8-16)25-18-11-9-17(10-12-18)13-23-15(2)21/h4-12H,3,13-14H2,1-2H3. The average molecular weight is 343 g/mol. The zero-order valence-corrected chi connectivity index (χ0v) is 14.3. The second-order valence-corrected chi connectivity index (χ2v) is 5.25. The van der Waals surface area contributed by atoms with Crippen molar-refractivity contribution in [3.8, 4) is 5.75 Å². The molecule has 2 rings (SSSR count). The van der Waals surface area contributed by atoms with Crippen molar-refractivity contribution in [2.24, 2.45) is 0 Å². The number of carbonyl (C=O) groups excluding carboxylic acids is 2. The molecule has 0 fully saturated rings. The number of rotatable bonds is 7. The number of amides is 1. The van der Waals surface area contributed by atoms with Crippen molar-refractivity contribution in [2.75, 3.05) is 6.54 Å². The molecule has 0 N–H and O–H groups in total. The van der Waals surface area contributed by atoms with Gasteiger partial charge in [-0.25, -0.2) is 4.79 Å². The van der Waals surface area contributed by atoms with Crippen LogP contribution >= 0.6 is 0 Å². The van der Waals surface area contributed by atoms with E-state index in [-0.39, 0.29) is 19.2 Å². The van der Waals surface area contributed by atoms with Crippen molar-refractivity contribution >= 4 is 12.1 Å². The molecular formula is C19H21NO5. The molecule has 25 heavy (non-hydrogen) atoms. The maximum absolute atomic E-state index is 12.1. The van der Waals surface area contributed by atoms with E-state index in [1.165, 1.54) is 6.92 Å². The minimum atomic E-state index is -0.560. The van der Waals surface area contributed by atoms with E-state index in [1.807, 2.05) is 30.3 Å². The Bertz CT molecular complexity index is 685. The van der Waals surface area contributed by atoms with Crippen molar-refractivity contribution in [3.63, 3.8) is 0 Å². The van der Waals surface area contributed by atoms with Crippen LogP contribution in [0, 0.1) is 0 Å². The first-order chi connectivity index (χ1) is 12.1. The van der Waals surface area contributed by atoms with Gasteiger partial charge >= 0.3 is 12.1 Å². The molecule has 6 heteroatoms. The Labute approximate surface area is 146 Å². The highest BCUT2D eigenvalue weighted by Crippen LogP contribution is 2.15. The van der Waals surface area contributed by atoms with Gasteiger partial charge in [-0.15, -0.1) is 5.06 Å². The highest BCUT2D eigenvalue weighted by atomic mass is 16.7. The monoisotopic (exact) mass is 343 g/mol. The van der Waals surface area contributed by atoms with Gasteiger partial charge in [0.05, 0.1) is 6.54 Å². The third kappa shape index (κ3) is 6.18. The number of hydroxylamine groups is 2. The van der Waals surface area contributed by atoms with E-state index in [0.29, 0.717) is 12.3 Å². The normalized spacial score (nSPS) is 10.0. The molecule has 0 aliphatic heterocycles. The number of hydrogen-bond acceptors (Lipinski definition) is 5. The molecule has 0 saturated heterocycles. The van der Waals surface area contributed by atoms with Crippen LogP contribution in [0.5, 0.6) is 5.75 Å². The Balaban J connectivity index is 1.87. The topological polar surface area (TPSA) is 65.1 Å². The van der Waals surface area contributed by atoms with Crippen LogP contribution in [0.4, 0.5) is 4.79 Å². The number of benzene rings is 2. The van der Waals surface area contributed by atoms with Gasteiger partial charge in [-0.3, -0.25) is 4.79 Å². The first-order valence-corrected chi connectivity index (χ1v) is 7.97. The molecule has 6 nitrogen and oxygen atoms in total. The predicted octanol–water partition coefficient (Wildman–Crippen LogP) is 3.70. The number of hydrogen-bond donors (Lipinski definition) is 0. The summed E-state index contributed by atoms with van der Waals surface area (Å²) in [6.07, 6.45) is -0.560. The lowest BCUT2D eigenvalue weighted by Gasteiger charge is -2.20. The maximum Gasteiger partial charge on any atom is 0.443 e. The SMILES string of the molecule is CCN(Oc1ccc(COC(C)=O)cc1)C(=O)OCc1ccccc1. The fourth-order valence-corrected chi connectivity index (χ4v) is 1.98. The van der Waals surface area contributed by atoms with Crippen LogP contribution in [0.15, 0.2) is 54.6 Å². The van der Waals surface area contributed by atoms with E-state index in [4.69, 9.17) is 14.3 Å². The Hall–Kier alpha value is -3.02. The fraction of sp³-hybridized carbons (Fsp3) is 0.263. The lowest BCUT2D eigenvalue weighted by atomic mass is 10.2. The first-order valence-electron chi connectivity index (χ1n) is 7.97. The minimum absolute atomic E-state index is 0.181. The van der Waals surface area contributed by atoms with E-state index >= 15 is 0 Å². The van der Waals surface area contributed by atoms with Gasteiger partial charge in [-0.05, 0) is 30.2 Å². The summed E-state index contributed by atoms with van der Waals surface area (Å²) < 4.78 is 10.2. The van der Waals surface area contributed by atoms with Crippen LogP contribution < -0.4 is 4.84 Å². The van der Waals surface area contributed by atoms with Crippen LogP contribution in [0.2, 0.25) is 0 Å². The fourth-order valence-electron chi connectivity index (χ4n) is 1.98. The van der Waals surface area contributed by atoms with E-state index < -0.39 is 6.09 Å². The summed E-state index contributed by atoms with van der Waals surface area (Å²) in [6, 6.07) is 16.4. The molecule has 0 bridgehead atoms. The summed E-state index contributed by atoms with van der Waals surface area (Å²) in [5.74, 6) is 0.156. The van der Waals surface area contributed by atoms with Crippen LogP contribution in [0.25, 0.3) is 0 Å². The maximum atomic E-state index is 12.1. The van der Waals surface area contributed by atoms with E-state index in [1.54, 1.807) is 31.2 Å². The van der Waals surface area contributed by atoms with Crippen molar-refractivity contribution < 1.29 is 23.9 Å². The molecule has 0 saturated carbocycles. The molecule has 0 radical (unpaired) electrons. The lowest BCUT2D eigenvalue weighted by molar-refractivity contribution is -0.142. The van der Waals surface area contributed by atoms with Gasteiger partial charge in [0.25, 0.3) is 0 Å². The van der Waals surface area contributed by atoms with Gasteiger partial charge in [0.1, 0.15) is 13.2 Å². The van der Waals surface area contributed by atoms with Crippen LogP contribution in [-0.2, 0) is 27.5 Å². The van der Waals surface area contributed by atoms with Gasteiger partial charge < -0.3 is 14.3 Å². The van der Waals surface area contributed by atoms with Gasteiger partial charge in [-0.1, -0.05) is 42.5 Å². The zero-order valence-electron chi connectivity index (χ0n) is 14.3. The summed E-state index contributed by atoms with van der Waals surface area (Å²) >= 11 is 0. The van der Waals surface area contributed by atoms with Crippen molar-refractivity contribution in [1.29, 1.82) is 0 Å². The Kier molecular flexibility index (Phi) is 6.83. The molecule has 0 aliphatic carbocycles.